The second kappa shape index (κ2) is 5.20. The molecule has 0 saturated heterocycles. The lowest BCUT2D eigenvalue weighted by molar-refractivity contribution is -0.0762. The van der Waals surface area contributed by atoms with E-state index in [1.807, 2.05) is 0 Å². The van der Waals surface area contributed by atoms with Gasteiger partial charge in [0.15, 0.2) is 11.5 Å². The van der Waals surface area contributed by atoms with E-state index in [2.05, 4.69) is 5.16 Å². The maximum absolute atomic E-state index is 11.7. The Labute approximate surface area is 109 Å². The van der Waals surface area contributed by atoms with E-state index in [-0.39, 0.29) is 11.6 Å². The van der Waals surface area contributed by atoms with Crippen molar-refractivity contribution >= 4 is 17.5 Å². The zero-order valence-corrected chi connectivity index (χ0v) is 10.6. The number of nitrogens with zero attached hydrogens (tertiary/aromatic N) is 2. The van der Waals surface area contributed by atoms with E-state index in [4.69, 9.17) is 21.0 Å². The van der Waals surface area contributed by atoms with E-state index in [1.54, 1.807) is 30.3 Å². The van der Waals surface area contributed by atoms with E-state index in [1.165, 1.54) is 14.2 Å². The lowest BCUT2D eigenvalue weighted by Gasteiger charge is -2.10. The van der Waals surface area contributed by atoms with Crippen LogP contribution in [0.5, 0.6) is 0 Å². The number of aromatic nitrogens is 1. The molecule has 1 amide bonds. The largest absolute Gasteiger partial charge is 0.355 e. The quantitative estimate of drug-likeness (QED) is 0.802. The molecule has 0 aliphatic rings. The summed E-state index contributed by atoms with van der Waals surface area (Å²) in [6.07, 6.45) is 0. The van der Waals surface area contributed by atoms with Crippen LogP contribution in [0, 0.1) is 0 Å². The van der Waals surface area contributed by atoms with Gasteiger partial charge in [0.2, 0.25) is 0 Å². The molecule has 1 aromatic carbocycles. The highest BCUT2D eigenvalue weighted by atomic mass is 35.5. The predicted octanol–water partition coefficient (Wildman–Crippen LogP) is 2.63. The molecule has 1 aromatic heterocycles. The van der Waals surface area contributed by atoms with Crippen LogP contribution in [0.15, 0.2) is 34.9 Å². The lowest BCUT2D eigenvalue weighted by Crippen LogP contribution is -2.25. The molecule has 0 spiro atoms. The number of hydrogen-bond acceptors (Lipinski definition) is 4. The first-order valence-electron chi connectivity index (χ1n) is 5.16. The van der Waals surface area contributed by atoms with Crippen molar-refractivity contribution in [2.45, 2.75) is 0 Å². The summed E-state index contributed by atoms with van der Waals surface area (Å²) in [5.74, 6) is 0.126. The molecule has 2 rings (SSSR count). The van der Waals surface area contributed by atoms with Crippen molar-refractivity contribution in [3.05, 3.63) is 41.0 Å². The fourth-order valence-electron chi connectivity index (χ4n) is 1.37. The molecule has 0 fully saturated rings. The highest BCUT2D eigenvalue weighted by Crippen LogP contribution is 2.22. The summed E-state index contributed by atoms with van der Waals surface area (Å²) in [7, 11) is 2.90. The van der Waals surface area contributed by atoms with E-state index in [9.17, 15) is 4.79 Å². The molecule has 0 atom stereocenters. The van der Waals surface area contributed by atoms with Crippen molar-refractivity contribution in [1.82, 2.24) is 10.2 Å². The van der Waals surface area contributed by atoms with Gasteiger partial charge in [-0.25, -0.2) is 5.06 Å². The molecule has 2 aromatic rings. The summed E-state index contributed by atoms with van der Waals surface area (Å²) in [6.45, 7) is 0. The SMILES string of the molecule is CON(C)C(=O)c1cc(-c2ccc(Cl)cc2)on1. The van der Waals surface area contributed by atoms with Gasteiger partial charge < -0.3 is 4.52 Å². The summed E-state index contributed by atoms with van der Waals surface area (Å²) < 4.78 is 5.11. The minimum Gasteiger partial charge on any atom is -0.355 e. The Hall–Kier alpha value is -1.85. The van der Waals surface area contributed by atoms with Crippen molar-refractivity contribution in [1.29, 1.82) is 0 Å². The molecular weight excluding hydrogens is 256 g/mol. The Balaban J connectivity index is 2.25. The van der Waals surface area contributed by atoms with Crippen LogP contribution in [0.4, 0.5) is 0 Å². The first-order chi connectivity index (χ1) is 8.61. The third-order valence-electron chi connectivity index (χ3n) is 2.42. The zero-order chi connectivity index (χ0) is 13.1. The van der Waals surface area contributed by atoms with Gasteiger partial charge in [0.05, 0.1) is 7.11 Å². The minimum atomic E-state index is -0.374. The fourth-order valence-corrected chi connectivity index (χ4v) is 1.50. The van der Waals surface area contributed by atoms with Crippen LogP contribution in [0.1, 0.15) is 10.5 Å². The Morgan fingerprint density at radius 3 is 2.67 bits per heavy atom. The number of hydroxylamine groups is 2. The molecule has 1 heterocycles. The van der Waals surface area contributed by atoms with Crippen molar-refractivity contribution in [3.8, 4) is 11.3 Å². The molecule has 0 N–H and O–H groups in total. The van der Waals surface area contributed by atoms with Gasteiger partial charge >= 0.3 is 0 Å². The standard InChI is InChI=1S/C12H11ClN2O3/c1-15(17-2)12(16)10-7-11(18-14-10)8-3-5-9(13)6-4-8/h3-7H,1-2H3. The van der Waals surface area contributed by atoms with E-state index < -0.39 is 0 Å². The normalized spacial score (nSPS) is 10.4. The number of rotatable bonds is 3. The van der Waals surface area contributed by atoms with Gasteiger partial charge in [0, 0.05) is 23.7 Å². The van der Waals surface area contributed by atoms with Crippen LogP contribution >= 0.6 is 11.6 Å². The van der Waals surface area contributed by atoms with Gasteiger partial charge in [-0.2, -0.15) is 0 Å². The molecule has 6 heteroatoms. The average molecular weight is 267 g/mol. The first kappa shape index (κ1) is 12.6. The maximum atomic E-state index is 11.7. The van der Waals surface area contributed by atoms with E-state index in [0.717, 1.165) is 10.6 Å². The lowest BCUT2D eigenvalue weighted by atomic mass is 10.1. The summed E-state index contributed by atoms with van der Waals surface area (Å²) >= 11 is 5.79. The van der Waals surface area contributed by atoms with Crippen molar-refractivity contribution in [3.63, 3.8) is 0 Å². The summed E-state index contributed by atoms with van der Waals surface area (Å²) in [5.41, 5.74) is 0.982. The molecule has 18 heavy (non-hydrogen) atoms. The monoisotopic (exact) mass is 266 g/mol. The third kappa shape index (κ3) is 2.52. The number of carbonyl (C=O) groups excluding carboxylic acids is 1. The smallest absolute Gasteiger partial charge is 0.299 e. The number of hydrogen-bond donors (Lipinski definition) is 0. The van der Waals surface area contributed by atoms with Crippen molar-refractivity contribution in [2.24, 2.45) is 0 Å². The number of halogens is 1. The fraction of sp³-hybridized carbons (Fsp3) is 0.167. The van der Waals surface area contributed by atoms with Gasteiger partial charge in [-0.1, -0.05) is 16.8 Å². The van der Waals surface area contributed by atoms with Crippen molar-refractivity contribution in [2.75, 3.05) is 14.2 Å². The van der Waals surface area contributed by atoms with Crippen molar-refractivity contribution < 1.29 is 14.2 Å². The number of carbonyl (C=O) groups is 1. The third-order valence-corrected chi connectivity index (χ3v) is 2.67. The molecule has 0 aliphatic heterocycles. The Morgan fingerprint density at radius 2 is 2.06 bits per heavy atom. The van der Waals surface area contributed by atoms with Crippen LogP contribution in [-0.4, -0.2) is 30.3 Å². The number of benzene rings is 1. The topological polar surface area (TPSA) is 55.6 Å². The van der Waals surface area contributed by atoms with Crippen LogP contribution in [0.3, 0.4) is 0 Å². The summed E-state index contributed by atoms with van der Waals surface area (Å²) in [4.78, 5) is 16.5. The molecule has 0 saturated carbocycles. The summed E-state index contributed by atoms with van der Waals surface area (Å²) in [6, 6.07) is 8.61. The highest BCUT2D eigenvalue weighted by molar-refractivity contribution is 6.30. The molecule has 0 unspecified atom stereocenters. The Morgan fingerprint density at radius 1 is 1.39 bits per heavy atom. The van der Waals surface area contributed by atoms with Crippen LogP contribution in [0.25, 0.3) is 11.3 Å². The zero-order valence-electron chi connectivity index (χ0n) is 9.88. The number of amides is 1. The van der Waals surface area contributed by atoms with Crippen LogP contribution in [-0.2, 0) is 4.84 Å². The van der Waals surface area contributed by atoms with Gasteiger partial charge in [-0.15, -0.1) is 0 Å². The molecule has 0 aliphatic carbocycles. The van der Waals surface area contributed by atoms with E-state index >= 15 is 0 Å². The van der Waals surface area contributed by atoms with Crippen LogP contribution in [0.2, 0.25) is 5.02 Å². The molecule has 0 bridgehead atoms. The minimum absolute atomic E-state index is 0.185. The summed E-state index contributed by atoms with van der Waals surface area (Å²) in [5, 5.41) is 5.41. The first-order valence-corrected chi connectivity index (χ1v) is 5.54. The van der Waals surface area contributed by atoms with Gasteiger partial charge in [0.25, 0.3) is 5.91 Å². The Kier molecular flexibility index (Phi) is 3.64. The molecule has 94 valence electrons. The average Bonchev–Trinajstić information content (AvgIpc) is 2.87. The van der Waals surface area contributed by atoms with Gasteiger partial charge in [-0.3, -0.25) is 9.63 Å². The molecular formula is C12H11ClN2O3. The molecule has 0 radical (unpaired) electrons. The van der Waals surface area contributed by atoms with Gasteiger partial charge in [0.1, 0.15) is 0 Å². The second-order valence-corrected chi connectivity index (χ2v) is 4.00. The highest BCUT2D eigenvalue weighted by Gasteiger charge is 2.17. The maximum Gasteiger partial charge on any atom is 0.299 e. The Bertz CT molecular complexity index is 551. The van der Waals surface area contributed by atoms with Crippen LogP contribution < -0.4 is 0 Å². The van der Waals surface area contributed by atoms with E-state index in [0.29, 0.717) is 10.8 Å². The second-order valence-electron chi connectivity index (χ2n) is 3.57. The predicted molar refractivity (Wildman–Crippen MR) is 66.1 cm³/mol. The molecule has 5 nitrogen and oxygen atoms in total. The van der Waals surface area contributed by atoms with Gasteiger partial charge in [-0.05, 0) is 24.3 Å².